The first-order valence-corrected chi connectivity index (χ1v) is 8.36. The first-order chi connectivity index (χ1) is 9.81. The number of hydrogen-bond acceptors (Lipinski definition) is 2. The summed E-state index contributed by atoms with van der Waals surface area (Å²) < 4.78 is 0. The molecule has 1 aliphatic heterocycles. The SMILES string of the molecule is CCCNCc1ccc(N2CCCCCCC2)c(C)c1. The predicted octanol–water partition coefficient (Wildman–Crippen LogP) is 4.27. The minimum atomic E-state index is 0.995. The van der Waals surface area contributed by atoms with Gasteiger partial charge in [0.15, 0.2) is 0 Å². The van der Waals surface area contributed by atoms with E-state index in [1.54, 1.807) is 0 Å². The van der Waals surface area contributed by atoms with E-state index >= 15 is 0 Å². The van der Waals surface area contributed by atoms with Gasteiger partial charge in [0.05, 0.1) is 0 Å². The quantitative estimate of drug-likeness (QED) is 0.807. The van der Waals surface area contributed by atoms with E-state index in [9.17, 15) is 0 Å². The highest BCUT2D eigenvalue weighted by Gasteiger charge is 2.11. The van der Waals surface area contributed by atoms with Crippen LogP contribution in [-0.2, 0) is 6.54 Å². The summed E-state index contributed by atoms with van der Waals surface area (Å²) in [5.74, 6) is 0. The van der Waals surface area contributed by atoms with Crippen LogP contribution in [0.3, 0.4) is 0 Å². The van der Waals surface area contributed by atoms with Crippen molar-refractivity contribution in [3.8, 4) is 0 Å². The van der Waals surface area contributed by atoms with Crippen LogP contribution < -0.4 is 10.2 Å². The lowest BCUT2D eigenvalue weighted by molar-refractivity contribution is 0.556. The third-order valence-corrected chi connectivity index (χ3v) is 4.21. The standard InChI is InChI=1S/C18H30N2/c1-3-11-19-15-17-9-10-18(16(2)14-17)20-12-7-5-4-6-8-13-20/h9-10,14,19H,3-8,11-13,15H2,1-2H3. The molecule has 112 valence electrons. The largest absolute Gasteiger partial charge is 0.371 e. The molecule has 0 aliphatic carbocycles. The molecule has 20 heavy (non-hydrogen) atoms. The molecule has 0 radical (unpaired) electrons. The lowest BCUT2D eigenvalue weighted by Crippen LogP contribution is -2.27. The van der Waals surface area contributed by atoms with Gasteiger partial charge in [-0.25, -0.2) is 0 Å². The topological polar surface area (TPSA) is 15.3 Å². The maximum Gasteiger partial charge on any atom is 0.0396 e. The Labute approximate surface area is 124 Å². The Kier molecular flexibility index (Phi) is 6.38. The number of nitrogens with zero attached hydrogens (tertiary/aromatic N) is 1. The predicted molar refractivity (Wildman–Crippen MR) is 88.5 cm³/mol. The highest BCUT2D eigenvalue weighted by molar-refractivity contribution is 5.54. The Morgan fingerprint density at radius 2 is 1.75 bits per heavy atom. The monoisotopic (exact) mass is 274 g/mol. The van der Waals surface area contributed by atoms with Crippen LogP contribution in [0.2, 0.25) is 0 Å². The highest BCUT2D eigenvalue weighted by atomic mass is 15.1. The van der Waals surface area contributed by atoms with Gasteiger partial charge in [-0.05, 0) is 49.9 Å². The molecule has 1 heterocycles. The fraction of sp³-hybridized carbons (Fsp3) is 0.667. The van der Waals surface area contributed by atoms with Gasteiger partial charge in [0.1, 0.15) is 0 Å². The Morgan fingerprint density at radius 1 is 1.05 bits per heavy atom. The van der Waals surface area contributed by atoms with Crippen molar-refractivity contribution in [1.82, 2.24) is 5.32 Å². The molecule has 2 nitrogen and oxygen atoms in total. The zero-order valence-electron chi connectivity index (χ0n) is 13.3. The Hall–Kier alpha value is -1.02. The summed E-state index contributed by atoms with van der Waals surface area (Å²) in [6, 6.07) is 6.99. The van der Waals surface area contributed by atoms with Crippen molar-refractivity contribution < 1.29 is 0 Å². The van der Waals surface area contributed by atoms with Gasteiger partial charge in [-0.2, -0.15) is 0 Å². The number of hydrogen-bond donors (Lipinski definition) is 1. The van der Waals surface area contributed by atoms with Crippen molar-refractivity contribution >= 4 is 5.69 Å². The summed E-state index contributed by atoms with van der Waals surface area (Å²) in [6.45, 7) is 9.03. The molecule has 1 aliphatic rings. The van der Waals surface area contributed by atoms with Gasteiger partial charge in [-0.1, -0.05) is 38.3 Å². The molecular formula is C18H30N2. The van der Waals surface area contributed by atoms with Crippen LogP contribution in [0.5, 0.6) is 0 Å². The molecule has 1 fully saturated rings. The molecule has 1 N–H and O–H groups in total. The molecular weight excluding hydrogens is 244 g/mol. The lowest BCUT2D eigenvalue weighted by atomic mass is 10.0. The molecule has 0 bridgehead atoms. The Morgan fingerprint density at radius 3 is 2.40 bits per heavy atom. The third-order valence-electron chi connectivity index (χ3n) is 4.21. The van der Waals surface area contributed by atoms with Gasteiger partial charge in [0.2, 0.25) is 0 Å². The second-order valence-electron chi connectivity index (χ2n) is 6.05. The Balaban J connectivity index is 2.00. The van der Waals surface area contributed by atoms with Crippen molar-refractivity contribution in [2.24, 2.45) is 0 Å². The first kappa shape index (κ1) is 15.4. The van der Waals surface area contributed by atoms with Crippen LogP contribution in [0.1, 0.15) is 56.6 Å². The van der Waals surface area contributed by atoms with E-state index in [0.29, 0.717) is 0 Å². The lowest BCUT2D eigenvalue weighted by Gasteiger charge is -2.28. The molecule has 0 atom stereocenters. The van der Waals surface area contributed by atoms with Crippen LogP contribution >= 0.6 is 0 Å². The molecule has 0 amide bonds. The number of aryl methyl sites for hydroxylation is 1. The minimum absolute atomic E-state index is 0.995. The van der Waals surface area contributed by atoms with Gasteiger partial charge < -0.3 is 10.2 Å². The summed E-state index contributed by atoms with van der Waals surface area (Å²) in [4.78, 5) is 2.59. The van der Waals surface area contributed by atoms with Crippen molar-refractivity contribution in [2.45, 2.75) is 58.9 Å². The van der Waals surface area contributed by atoms with Crippen LogP contribution in [-0.4, -0.2) is 19.6 Å². The van der Waals surface area contributed by atoms with Crippen molar-refractivity contribution in [2.75, 3.05) is 24.5 Å². The zero-order valence-corrected chi connectivity index (χ0v) is 13.3. The number of nitrogens with one attached hydrogen (secondary N) is 1. The second kappa shape index (κ2) is 8.31. The fourth-order valence-corrected chi connectivity index (χ4v) is 3.08. The first-order valence-electron chi connectivity index (χ1n) is 8.36. The molecule has 0 spiro atoms. The summed E-state index contributed by atoms with van der Waals surface area (Å²) in [5.41, 5.74) is 4.29. The molecule has 2 rings (SSSR count). The van der Waals surface area contributed by atoms with Gasteiger partial charge in [-0.15, -0.1) is 0 Å². The average Bonchev–Trinajstić information content (AvgIpc) is 2.40. The van der Waals surface area contributed by atoms with E-state index in [-0.39, 0.29) is 0 Å². The molecule has 0 unspecified atom stereocenters. The molecule has 1 saturated heterocycles. The number of anilines is 1. The second-order valence-corrected chi connectivity index (χ2v) is 6.05. The molecule has 0 saturated carbocycles. The van der Waals surface area contributed by atoms with E-state index in [2.05, 4.69) is 42.3 Å². The van der Waals surface area contributed by atoms with Crippen molar-refractivity contribution in [3.05, 3.63) is 29.3 Å². The molecule has 0 aromatic heterocycles. The molecule has 1 aromatic carbocycles. The summed E-state index contributed by atoms with van der Waals surface area (Å²) >= 11 is 0. The fourth-order valence-electron chi connectivity index (χ4n) is 3.08. The molecule has 1 aromatic rings. The zero-order chi connectivity index (χ0) is 14.2. The van der Waals surface area contributed by atoms with Crippen LogP contribution in [0.4, 0.5) is 5.69 Å². The summed E-state index contributed by atoms with van der Waals surface area (Å²) in [7, 11) is 0. The summed E-state index contributed by atoms with van der Waals surface area (Å²) in [5, 5.41) is 3.48. The maximum absolute atomic E-state index is 3.48. The van der Waals surface area contributed by atoms with Crippen LogP contribution in [0, 0.1) is 6.92 Å². The smallest absolute Gasteiger partial charge is 0.0396 e. The van der Waals surface area contributed by atoms with E-state index in [1.807, 2.05) is 0 Å². The van der Waals surface area contributed by atoms with Gasteiger partial charge >= 0.3 is 0 Å². The van der Waals surface area contributed by atoms with Gasteiger partial charge in [0, 0.05) is 25.3 Å². The van der Waals surface area contributed by atoms with E-state index in [1.165, 1.54) is 68.4 Å². The highest BCUT2D eigenvalue weighted by Crippen LogP contribution is 2.24. The van der Waals surface area contributed by atoms with Crippen LogP contribution in [0.15, 0.2) is 18.2 Å². The normalized spacial score (nSPS) is 16.8. The number of rotatable bonds is 5. The van der Waals surface area contributed by atoms with Crippen molar-refractivity contribution in [1.29, 1.82) is 0 Å². The Bertz CT molecular complexity index is 392. The van der Waals surface area contributed by atoms with Crippen LogP contribution in [0.25, 0.3) is 0 Å². The van der Waals surface area contributed by atoms with Gasteiger partial charge in [0.25, 0.3) is 0 Å². The third kappa shape index (κ3) is 4.52. The van der Waals surface area contributed by atoms with Crippen molar-refractivity contribution in [3.63, 3.8) is 0 Å². The van der Waals surface area contributed by atoms with E-state index in [0.717, 1.165) is 13.1 Å². The summed E-state index contributed by atoms with van der Waals surface area (Å²) in [6.07, 6.45) is 8.11. The minimum Gasteiger partial charge on any atom is -0.371 e. The maximum atomic E-state index is 3.48. The number of benzene rings is 1. The molecule has 2 heteroatoms. The van der Waals surface area contributed by atoms with Gasteiger partial charge in [-0.3, -0.25) is 0 Å². The van der Waals surface area contributed by atoms with E-state index < -0.39 is 0 Å². The average molecular weight is 274 g/mol. The van der Waals surface area contributed by atoms with E-state index in [4.69, 9.17) is 0 Å².